The second-order valence-electron chi connectivity index (χ2n) is 9.91. The Kier molecular flexibility index (Phi) is 7.96. The van der Waals surface area contributed by atoms with Crippen molar-refractivity contribution in [1.29, 1.82) is 0 Å². The zero-order valence-corrected chi connectivity index (χ0v) is 23.4. The number of nitrogens with one attached hydrogen (secondary N) is 2. The van der Waals surface area contributed by atoms with Crippen LogP contribution >= 0.6 is 0 Å². The van der Waals surface area contributed by atoms with Crippen molar-refractivity contribution in [3.63, 3.8) is 0 Å². The number of benzene rings is 3. The molecule has 0 bridgehead atoms. The van der Waals surface area contributed by atoms with Gasteiger partial charge in [0.2, 0.25) is 0 Å². The van der Waals surface area contributed by atoms with E-state index >= 15 is 0 Å². The molecule has 4 rings (SSSR count). The molecule has 0 saturated carbocycles. The van der Waals surface area contributed by atoms with Crippen LogP contribution in [0, 0.1) is 0 Å². The number of ether oxygens (including phenoxy) is 2. The number of urea groups is 1. The van der Waals surface area contributed by atoms with Crippen molar-refractivity contribution in [1.82, 2.24) is 19.8 Å². The smallest absolute Gasteiger partial charge is 0.329 e. The minimum atomic E-state index is -4.31. The second-order valence-corrected chi connectivity index (χ2v) is 11.6. The molecule has 0 atom stereocenters. The fourth-order valence-corrected chi connectivity index (χ4v) is 4.92. The highest BCUT2D eigenvalue weighted by molar-refractivity contribution is 7.90. The van der Waals surface area contributed by atoms with Gasteiger partial charge in [0.25, 0.3) is 10.0 Å². The first-order valence-corrected chi connectivity index (χ1v) is 13.9. The highest BCUT2D eigenvalue weighted by Crippen LogP contribution is 2.34. The molecule has 39 heavy (non-hydrogen) atoms. The minimum Gasteiger partial charge on any atom is -0.497 e. The van der Waals surface area contributed by atoms with E-state index in [0.717, 1.165) is 22.4 Å². The lowest BCUT2D eigenvalue weighted by molar-refractivity contribution is 0.237. The van der Waals surface area contributed by atoms with Gasteiger partial charge in [-0.05, 0) is 80.8 Å². The van der Waals surface area contributed by atoms with Crippen molar-refractivity contribution < 1.29 is 22.7 Å². The molecule has 1 heterocycles. The van der Waals surface area contributed by atoms with Crippen LogP contribution in [0.5, 0.6) is 17.2 Å². The van der Waals surface area contributed by atoms with E-state index in [9.17, 15) is 13.2 Å². The summed E-state index contributed by atoms with van der Waals surface area (Å²) in [5.74, 6) is 1.25. The van der Waals surface area contributed by atoms with E-state index < -0.39 is 21.6 Å². The molecule has 0 fully saturated rings. The third-order valence-electron chi connectivity index (χ3n) is 5.72. The number of sulfonamides is 1. The Morgan fingerprint density at radius 2 is 1.62 bits per heavy atom. The van der Waals surface area contributed by atoms with Crippen molar-refractivity contribution >= 4 is 16.1 Å². The van der Waals surface area contributed by atoms with Crippen LogP contribution in [-0.4, -0.2) is 36.9 Å². The van der Waals surface area contributed by atoms with Crippen LogP contribution in [0.3, 0.4) is 0 Å². The third kappa shape index (κ3) is 6.97. The highest BCUT2D eigenvalue weighted by atomic mass is 32.2. The average molecular weight is 549 g/mol. The Hall–Kier alpha value is -4.31. The molecule has 0 aliphatic rings. The summed E-state index contributed by atoms with van der Waals surface area (Å²) in [6.45, 7) is 7.91. The van der Waals surface area contributed by atoms with Gasteiger partial charge in [0.05, 0.1) is 13.3 Å². The van der Waals surface area contributed by atoms with Gasteiger partial charge in [-0.15, -0.1) is 0 Å². The minimum absolute atomic E-state index is 0.0737. The van der Waals surface area contributed by atoms with E-state index in [1.54, 1.807) is 57.0 Å². The Morgan fingerprint density at radius 3 is 2.26 bits per heavy atom. The van der Waals surface area contributed by atoms with Gasteiger partial charge in [-0.1, -0.05) is 30.3 Å². The first-order valence-electron chi connectivity index (χ1n) is 12.4. The van der Waals surface area contributed by atoms with Crippen LogP contribution in [0.15, 0.2) is 84.0 Å². The predicted molar refractivity (Wildman–Crippen MR) is 150 cm³/mol. The Labute approximate surface area is 228 Å². The number of amides is 2. The Bertz CT molecular complexity index is 1570. The maximum Gasteiger partial charge on any atom is 0.329 e. The molecule has 0 unspecified atom stereocenters. The van der Waals surface area contributed by atoms with Crippen LogP contribution in [0.2, 0.25) is 0 Å². The van der Waals surface area contributed by atoms with Crippen molar-refractivity contribution in [2.45, 2.75) is 44.7 Å². The number of rotatable bonds is 8. The lowest BCUT2D eigenvalue weighted by Gasteiger charge is -2.21. The summed E-state index contributed by atoms with van der Waals surface area (Å²) in [7, 11) is -2.70. The van der Waals surface area contributed by atoms with Crippen LogP contribution in [0.25, 0.3) is 22.3 Å². The molecule has 3 aromatic carbocycles. The van der Waals surface area contributed by atoms with Crippen LogP contribution < -0.4 is 19.5 Å². The topological polar surface area (TPSA) is 112 Å². The molecular weight excluding hydrogens is 516 g/mol. The molecule has 9 nitrogen and oxygen atoms in total. The molecule has 1 aromatic heterocycles. The van der Waals surface area contributed by atoms with Gasteiger partial charge in [-0.2, -0.15) is 5.10 Å². The van der Waals surface area contributed by atoms with E-state index in [-0.39, 0.29) is 10.6 Å². The number of hydrogen-bond donors (Lipinski definition) is 2. The second kappa shape index (κ2) is 11.2. The summed E-state index contributed by atoms with van der Waals surface area (Å²) in [6.07, 6.45) is 3.48. The summed E-state index contributed by atoms with van der Waals surface area (Å²) in [5.41, 5.74) is 2.55. The standard InChI is InChI=1S/C29H32N4O5S/c1-6-33-19-23(18-30-33)22-12-15-26(27(17-22)39(35,36)32-28(34)31-29(2,3)4)38-25-9-7-8-21(16-25)20-10-13-24(37-5)14-11-20/h7-19H,6H2,1-5H3,(H2,31,32,34). The zero-order valence-electron chi connectivity index (χ0n) is 22.6. The fourth-order valence-electron chi connectivity index (χ4n) is 3.86. The van der Waals surface area contributed by atoms with Crippen molar-refractivity contribution in [2.24, 2.45) is 0 Å². The molecule has 0 spiro atoms. The third-order valence-corrected chi connectivity index (χ3v) is 7.08. The zero-order chi connectivity index (χ0) is 28.2. The van der Waals surface area contributed by atoms with Gasteiger partial charge >= 0.3 is 6.03 Å². The normalized spacial score (nSPS) is 11.6. The lowest BCUT2D eigenvalue weighted by Crippen LogP contribution is -2.48. The predicted octanol–water partition coefficient (Wildman–Crippen LogP) is 5.82. The monoisotopic (exact) mass is 548 g/mol. The molecule has 2 amide bonds. The lowest BCUT2D eigenvalue weighted by atomic mass is 10.1. The molecule has 4 aromatic rings. The summed E-state index contributed by atoms with van der Waals surface area (Å²) >= 11 is 0. The van der Waals surface area contributed by atoms with Crippen LogP contribution in [-0.2, 0) is 16.6 Å². The van der Waals surface area contributed by atoms with Crippen molar-refractivity contribution in [3.8, 4) is 39.5 Å². The number of methoxy groups -OCH3 is 1. The molecule has 0 aliphatic carbocycles. The van der Waals surface area contributed by atoms with E-state index in [4.69, 9.17) is 9.47 Å². The van der Waals surface area contributed by atoms with E-state index in [0.29, 0.717) is 17.9 Å². The first kappa shape index (κ1) is 27.7. The summed E-state index contributed by atoms with van der Waals surface area (Å²) in [4.78, 5) is 12.3. The maximum atomic E-state index is 13.4. The largest absolute Gasteiger partial charge is 0.497 e. The molecule has 10 heteroatoms. The number of carbonyl (C=O) groups excluding carboxylic acids is 1. The molecule has 0 radical (unpaired) electrons. The number of nitrogens with zero attached hydrogens (tertiary/aromatic N) is 2. The quantitative estimate of drug-likeness (QED) is 0.287. The van der Waals surface area contributed by atoms with Gasteiger partial charge in [-0.25, -0.2) is 17.9 Å². The van der Waals surface area contributed by atoms with E-state index in [2.05, 4.69) is 15.1 Å². The van der Waals surface area contributed by atoms with Crippen LogP contribution in [0.1, 0.15) is 27.7 Å². The number of aryl methyl sites for hydroxylation is 1. The SMILES string of the molecule is CCn1cc(-c2ccc(Oc3cccc(-c4ccc(OC)cc4)c3)c(S(=O)(=O)NC(=O)NC(C)(C)C)c2)cn1. The van der Waals surface area contributed by atoms with Gasteiger partial charge in [-0.3, -0.25) is 4.68 Å². The van der Waals surface area contributed by atoms with E-state index in [1.807, 2.05) is 55.6 Å². The first-order chi connectivity index (χ1) is 18.5. The molecule has 204 valence electrons. The Balaban J connectivity index is 1.71. The molecular formula is C29H32N4O5S. The van der Waals surface area contributed by atoms with Gasteiger partial charge in [0, 0.05) is 23.8 Å². The Morgan fingerprint density at radius 1 is 0.923 bits per heavy atom. The number of hydrogen-bond acceptors (Lipinski definition) is 6. The highest BCUT2D eigenvalue weighted by Gasteiger charge is 2.26. The van der Waals surface area contributed by atoms with Gasteiger partial charge < -0.3 is 14.8 Å². The molecule has 0 saturated heterocycles. The van der Waals surface area contributed by atoms with Crippen molar-refractivity contribution in [3.05, 3.63) is 79.1 Å². The summed E-state index contributed by atoms with van der Waals surface area (Å²) in [5, 5.41) is 6.89. The van der Waals surface area contributed by atoms with Gasteiger partial charge in [0.1, 0.15) is 22.1 Å². The molecule has 0 aliphatic heterocycles. The fraction of sp³-hybridized carbons (Fsp3) is 0.241. The van der Waals surface area contributed by atoms with Crippen molar-refractivity contribution in [2.75, 3.05) is 7.11 Å². The average Bonchev–Trinajstić information content (AvgIpc) is 3.37. The van der Waals surface area contributed by atoms with Crippen LogP contribution in [0.4, 0.5) is 4.79 Å². The van der Waals surface area contributed by atoms with Gasteiger partial charge in [0.15, 0.2) is 0 Å². The van der Waals surface area contributed by atoms with E-state index in [1.165, 1.54) is 6.07 Å². The summed E-state index contributed by atoms with van der Waals surface area (Å²) < 4.78 is 42.1. The summed E-state index contributed by atoms with van der Waals surface area (Å²) in [6, 6.07) is 18.9. The number of aromatic nitrogens is 2. The number of carbonyl (C=O) groups is 1. The molecule has 2 N–H and O–H groups in total. The maximum absolute atomic E-state index is 13.4.